The van der Waals surface area contributed by atoms with Crippen LogP contribution in [0.3, 0.4) is 0 Å². The van der Waals surface area contributed by atoms with Crippen LogP contribution in [0.5, 0.6) is 0 Å². The quantitative estimate of drug-likeness (QED) is 0.538. The first-order valence-corrected chi connectivity index (χ1v) is 3.99. The lowest BCUT2D eigenvalue weighted by molar-refractivity contribution is 0.115. The third-order valence-corrected chi connectivity index (χ3v) is 2.57. The van der Waals surface area contributed by atoms with Crippen LogP contribution in [-0.4, -0.2) is 21.4 Å². The normalized spacial score (nSPS) is 23.5. The van der Waals surface area contributed by atoms with Crippen LogP contribution in [0.25, 0.3) is 0 Å². The molecule has 0 aromatic rings. The first-order valence-electron chi connectivity index (χ1n) is 2.48. The Morgan fingerprint density at radius 3 is 1.36 bits per heavy atom. The second-order valence-electron chi connectivity index (χ2n) is 2.11. The fourth-order valence-electron chi connectivity index (χ4n) is 0.560. The smallest absolute Gasteiger partial charge is 0.294 e. The van der Waals surface area contributed by atoms with Gasteiger partial charge >= 0.3 is 0 Å². The minimum Gasteiger partial charge on any atom is -0.358 e. The van der Waals surface area contributed by atoms with E-state index in [1.54, 1.807) is 0 Å². The van der Waals surface area contributed by atoms with Gasteiger partial charge in [-0.1, -0.05) is 46.4 Å². The zero-order valence-corrected chi connectivity index (χ0v) is 7.91. The van der Waals surface area contributed by atoms with E-state index in [1.807, 2.05) is 0 Å². The van der Waals surface area contributed by atoms with Crippen molar-refractivity contribution in [1.82, 2.24) is 0 Å². The Morgan fingerprint density at radius 1 is 1.09 bits per heavy atom. The topological polar surface area (TPSA) is 12.5 Å². The molecule has 1 heterocycles. The van der Waals surface area contributed by atoms with Crippen molar-refractivity contribution in [2.24, 2.45) is 0 Å². The fourth-order valence-corrected chi connectivity index (χ4v) is 1.71. The van der Waals surface area contributed by atoms with E-state index in [4.69, 9.17) is 46.4 Å². The minimum atomic E-state index is -2.93. The molecule has 0 aliphatic carbocycles. The second-order valence-corrected chi connectivity index (χ2v) is 4.58. The van der Waals surface area contributed by atoms with Gasteiger partial charge in [-0.25, -0.2) is 8.78 Å². The monoisotopic (exact) mass is 244 g/mol. The van der Waals surface area contributed by atoms with Crippen molar-refractivity contribution >= 4 is 46.4 Å². The summed E-state index contributed by atoms with van der Waals surface area (Å²) in [4.78, 5) is 0. The molecule has 0 spiro atoms. The van der Waals surface area contributed by atoms with Gasteiger partial charge in [0.1, 0.15) is 0 Å². The molecule has 1 fully saturated rings. The Bertz CT molecular complexity index is 152. The summed E-state index contributed by atoms with van der Waals surface area (Å²) in [6.07, 6.45) is 0. The molecule has 0 radical (unpaired) electrons. The molecule has 0 bridgehead atoms. The highest BCUT2D eigenvalue weighted by atomic mass is 35.5. The molecule has 0 saturated carbocycles. The number of rotatable bonds is 2. The second kappa shape index (κ2) is 2.48. The van der Waals surface area contributed by atoms with Gasteiger partial charge in [0.25, 0.3) is 9.17 Å². The number of epoxide rings is 1. The van der Waals surface area contributed by atoms with Crippen molar-refractivity contribution in [3.63, 3.8) is 0 Å². The van der Waals surface area contributed by atoms with Crippen molar-refractivity contribution in [2.45, 2.75) is 14.8 Å². The summed E-state index contributed by atoms with van der Waals surface area (Å²) in [6.45, 7) is -0.347. The van der Waals surface area contributed by atoms with E-state index >= 15 is 0 Å². The van der Waals surface area contributed by atoms with E-state index in [0.717, 1.165) is 0 Å². The molecule has 1 rings (SSSR count). The van der Waals surface area contributed by atoms with E-state index in [1.165, 1.54) is 0 Å². The average molecular weight is 246 g/mol. The molecule has 0 aromatic heterocycles. The van der Waals surface area contributed by atoms with Crippen LogP contribution in [0.15, 0.2) is 0 Å². The molecule has 0 N–H and O–H groups in total. The Hall–Kier alpha value is 0.980. The number of ether oxygens (including phenoxy) is 1. The molecule has 1 aliphatic heterocycles. The minimum absolute atomic E-state index is 0.347. The molecule has 1 saturated heterocycles. The van der Waals surface area contributed by atoms with E-state index in [0.29, 0.717) is 0 Å². The van der Waals surface area contributed by atoms with Crippen LogP contribution < -0.4 is 0 Å². The molecule has 0 aromatic carbocycles. The average Bonchev–Trinajstić information content (AvgIpc) is 2.31. The van der Waals surface area contributed by atoms with Crippen LogP contribution in [0, 0.1) is 0 Å². The zero-order chi connectivity index (χ0) is 8.91. The zero-order valence-electron chi connectivity index (χ0n) is 4.88. The van der Waals surface area contributed by atoms with Crippen LogP contribution in [-0.2, 0) is 4.74 Å². The molecular formula is C4H2Cl4F2O. The molecule has 0 amide bonds. The van der Waals surface area contributed by atoms with Gasteiger partial charge in [-0.15, -0.1) is 0 Å². The third kappa shape index (κ3) is 1.54. The summed E-state index contributed by atoms with van der Waals surface area (Å²) in [6, 6.07) is 0. The van der Waals surface area contributed by atoms with Gasteiger partial charge in [0, 0.05) is 0 Å². The predicted molar refractivity (Wildman–Crippen MR) is 39.8 cm³/mol. The number of alkyl halides is 6. The molecule has 0 unspecified atom stereocenters. The van der Waals surface area contributed by atoms with Gasteiger partial charge in [0.2, 0.25) is 5.60 Å². The first kappa shape index (κ1) is 10.1. The van der Waals surface area contributed by atoms with E-state index in [-0.39, 0.29) is 6.61 Å². The molecule has 7 heteroatoms. The molecule has 0 atom stereocenters. The van der Waals surface area contributed by atoms with Crippen LogP contribution in [0.1, 0.15) is 0 Å². The van der Waals surface area contributed by atoms with E-state index < -0.39 is 14.8 Å². The van der Waals surface area contributed by atoms with Crippen molar-refractivity contribution in [3.8, 4) is 0 Å². The van der Waals surface area contributed by atoms with E-state index in [9.17, 15) is 8.78 Å². The third-order valence-electron chi connectivity index (χ3n) is 1.35. The summed E-state index contributed by atoms with van der Waals surface area (Å²) in [5.41, 5.74) is -2.15. The van der Waals surface area contributed by atoms with Gasteiger partial charge in [0.05, 0.1) is 6.61 Å². The molecule has 66 valence electrons. The van der Waals surface area contributed by atoms with E-state index in [2.05, 4.69) is 4.74 Å². The Kier molecular flexibility index (Phi) is 2.27. The number of hydrogen-bond acceptors (Lipinski definition) is 1. The Morgan fingerprint density at radius 2 is 1.36 bits per heavy atom. The van der Waals surface area contributed by atoms with Crippen molar-refractivity contribution in [2.75, 3.05) is 6.61 Å². The molecule has 1 nitrogen and oxygen atoms in total. The standard InChI is InChI=1S/C4H2Cl4F2O/c5-3(6,9)2(1-11-2)4(7,8)10/h1H2. The lowest BCUT2D eigenvalue weighted by Crippen LogP contribution is -2.43. The number of hydrogen-bond donors (Lipinski definition) is 0. The molecule has 1 aliphatic rings. The van der Waals surface area contributed by atoms with Gasteiger partial charge in [-0.05, 0) is 0 Å². The van der Waals surface area contributed by atoms with Gasteiger partial charge in [-0.2, -0.15) is 0 Å². The highest BCUT2D eigenvalue weighted by molar-refractivity contribution is 6.53. The summed E-state index contributed by atoms with van der Waals surface area (Å²) >= 11 is 19.7. The SMILES string of the molecule is FC(Cl)(Cl)C1(C(F)(Cl)Cl)CO1. The summed E-state index contributed by atoms with van der Waals surface area (Å²) < 4.78 is 23.9. The fraction of sp³-hybridized carbons (Fsp3) is 1.00. The Labute approximate surface area is 81.5 Å². The Balaban J connectivity index is 2.85. The highest BCUT2D eigenvalue weighted by Gasteiger charge is 2.74. The molecule has 11 heavy (non-hydrogen) atoms. The highest BCUT2D eigenvalue weighted by Crippen LogP contribution is 2.58. The first-order chi connectivity index (χ1) is 4.71. The van der Waals surface area contributed by atoms with Gasteiger partial charge in [-0.3, -0.25) is 0 Å². The van der Waals surface area contributed by atoms with Gasteiger partial charge < -0.3 is 4.74 Å². The summed E-state index contributed by atoms with van der Waals surface area (Å²) in [5, 5.41) is 0. The maximum Gasteiger partial charge on any atom is 0.294 e. The van der Waals surface area contributed by atoms with Crippen LogP contribution in [0.4, 0.5) is 8.78 Å². The lowest BCUT2D eigenvalue weighted by atomic mass is 10.2. The van der Waals surface area contributed by atoms with Gasteiger partial charge in [0.15, 0.2) is 0 Å². The predicted octanol–water partition coefficient (Wildman–Crippen LogP) is 2.96. The summed E-state index contributed by atoms with van der Waals surface area (Å²) in [5.74, 6) is 0. The van der Waals surface area contributed by atoms with Crippen molar-refractivity contribution in [3.05, 3.63) is 0 Å². The van der Waals surface area contributed by atoms with Crippen molar-refractivity contribution < 1.29 is 13.5 Å². The summed E-state index contributed by atoms with van der Waals surface area (Å²) in [7, 11) is 0. The largest absolute Gasteiger partial charge is 0.358 e. The van der Waals surface area contributed by atoms with Crippen LogP contribution >= 0.6 is 46.4 Å². The van der Waals surface area contributed by atoms with Crippen LogP contribution in [0.2, 0.25) is 0 Å². The maximum atomic E-state index is 12.7. The molecular weight excluding hydrogens is 244 g/mol. The number of halogens is 6. The lowest BCUT2D eigenvalue weighted by Gasteiger charge is -2.23. The van der Waals surface area contributed by atoms with Crippen molar-refractivity contribution in [1.29, 1.82) is 0 Å². The maximum absolute atomic E-state index is 12.7.